The summed E-state index contributed by atoms with van der Waals surface area (Å²) in [5.41, 5.74) is 1.96. The first kappa shape index (κ1) is 24.6. The number of alkyl carbamates (subject to hydrolysis) is 1. The standard InChI is InChI=1S/C27H29NO6/c1-27(2,3)34-26(31)28-24(19-9-6-5-7-10-19)20-11-8-12-21(16-20)33-17-18-13-14-22(25(29)30)23(15-18)32-4/h5-16,24H,17H2,1-4H3,(H,28,31)(H,29,30). The molecular formula is C27H29NO6. The van der Waals surface area contributed by atoms with Gasteiger partial charge in [0.2, 0.25) is 0 Å². The topological polar surface area (TPSA) is 94.1 Å². The molecular weight excluding hydrogens is 434 g/mol. The Labute approximate surface area is 199 Å². The van der Waals surface area contributed by atoms with E-state index in [1.165, 1.54) is 13.2 Å². The van der Waals surface area contributed by atoms with Crippen molar-refractivity contribution in [1.29, 1.82) is 0 Å². The number of aromatic carboxylic acids is 1. The maximum absolute atomic E-state index is 12.5. The number of ether oxygens (including phenoxy) is 3. The fourth-order valence-corrected chi connectivity index (χ4v) is 3.38. The summed E-state index contributed by atoms with van der Waals surface area (Å²) in [6, 6.07) is 21.4. The highest BCUT2D eigenvalue weighted by molar-refractivity contribution is 5.91. The van der Waals surface area contributed by atoms with Crippen LogP contribution in [0.15, 0.2) is 72.8 Å². The highest BCUT2D eigenvalue weighted by atomic mass is 16.6. The Balaban J connectivity index is 1.80. The van der Waals surface area contributed by atoms with Gasteiger partial charge in [-0.25, -0.2) is 9.59 Å². The molecule has 3 aromatic carbocycles. The lowest BCUT2D eigenvalue weighted by molar-refractivity contribution is 0.0511. The summed E-state index contributed by atoms with van der Waals surface area (Å²) in [5, 5.41) is 12.2. The van der Waals surface area contributed by atoms with E-state index in [1.807, 2.05) is 75.4 Å². The molecule has 7 nitrogen and oxygen atoms in total. The zero-order valence-corrected chi connectivity index (χ0v) is 19.7. The minimum Gasteiger partial charge on any atom is -0.496 e. The lowest BCUT2D eigenvalue weighted by atomic mass is 9.98. The summed E-state index contributed by atoms with van der Waals surface area (Å²) in [5.74, 6) is -0.180. The SMILES string of the molecule is COc1cc(COc2cccc(C(NC(=O)OC(C)(C)C)c3ccccc3)c2)ccc1C(=O)O. The Bertz CT molecular complexity index is 1140. The van der Waals surface area contributed by atoms with Crippen LogP contribution in [0.2, 0.25) is 0 Å². The third-order valence-corrected chi connectivity index (χ3v) is 4.89. The van der Waals surface area contributed by atoms with Gasteiger partial charge in [0, 0.05) is 0 Å². The van der Waals surface area contributed by atoms with Crippen LogP contribution in [0, 0.1) is 0 Å². The van der Waals surface area contributed by atoms with Crippen LogP contribution >= 0.6 is 0 Å². The van der Waals surface area contributed by atoms with Crippen LogP contribution < -0.4 is 14.8 Å². The van der Waals surface area contributed by atoms with E-state index in [0.29, 0.717) is 5.75 Å². The number of carbonyl (C=O) groups is 2. The van der Waals surface area contributed by atoms with Crippen LogP contribution in [0.3, 0.4) is 0 Å². The molecule has 0 aliphatic carbocycles. The maximum Gasteiger partial charge on any atom is 0.408 e. The molecule has 2 N–H and O–H groups in total. The predicted molar refractivity (Wildman–Crippen MR) is 128 cm³/mol. The average Bonchev–Trinajstić information content (AvgIpc) is 2.80. The van der Waals surface area contributed by atoms with Gasteiger partial charge in [-0.15, -0.1) is 0 Å². The molecule has 1 atom stereocenters. The van der Waals surface area contributed by atoms with Crippen molar-refractivity contribution in [3.8, 4) is 11.5 Å². The van der Waals surface area contributed by atoms with Crippen molar-refractivity contribution in [3.63, 3.8) is 0 Å². The summed E-state index contributed by atoms with van der Waals surface area (Å²) < 4.78 is 16.6. The van der Waals surface area contributed by atoms with Gasteiger partial charge in [0.05, 0.1) is 13.2 Å². The molecule has 34 heavy (non-hydrogen) atoms. The molecule has 0 spiro atoms. The second-order valence-corrected chi connectivity index (χ2v) is 8.69. The molecule has 0 aliphatic heterocycles. The van der Waals surface area contributed by atoms with E-state index in [9.17, 15) is 14.7 Å². The summed E-state index contributed by atoms with van der Waals surface area (Å²) in [6.07, 6.45) is -0.515. The highest BCUT2D eigenvalue weighted by Gasteiger charge is 2.22. The number of benzene rings is 3. The lowest BCUT2D eigenvalue weighted by Gasteiger charge is -2.24. The molecule has 0 aliphatic rings. The number of carbonyl (C=O) groups excluding carboxylic acids is 1. The molecule has 3 aromatic rings. The first-order valence-corrected chi connectivity index (χ1v) is 10.8. The van der Waals surface area contributed by atoms with E-state index in [1.54, 1.807) is 12.1 Å². The molecule has 0 radical (unpaired) electrons. The normalized spacial score (nSPS) is 11.9. The molecule has 0 bridgehead atoms. The van der Waals surface area contributed by atoms with Gasteiger partial charge in [-0.2, -0.15) is 0 Å². The molecule has 0 heterocycles. The van der Waals surface area contributed by atoms with Gasteiger partial charge in [0.25, 0.3) is 0 Å². The van der Waals surface area contributed by atoms with E-state index in [-0.39, 0.29) is 17.9 Å². The molecule has 3 rings (SSSR count). The smallest absolute Gasteiger partial charge is 0.408 e. The first-order valence-electron chi connectivity index (χ1n) is 10.8. The van der Waals surface area contributed by atoms with Crippen molar-refractivity contribution in [3.05, 3.63) is 95.1 Å². The van der Waals surface area contributed by atoms with Crippen LogP contribution in [0.4, 0.5) is 4.79 Å². The van der Waals surface area contributed by atoms with Crippen molar-refractivity contribution in [2.45, 2.75) is 39.0 Å². The number of hydrogen-bond donors (Lipinski definition) is 2. The molecule has 178 valence electrons. The Kier molecular flexibility index (Phi) is 7.79. The van der Waals surface area contributed by atoms with Gasteiger partial charge in [0.15, 0.2) is 0 Å². The Morgan fingerprint density at radius 3 is 2.29 bits per heavy atom. The molecule has 0 fully saturated rings. The third-order valence-electron chi connectivity index (χ3n) is 4.89. The zero-order valence-electron chi connectivity index (χ0n) is 19.7. The maximum atomic E-state index is 12.5. The molecule has 7 heteroatoms. The summed E-state index contributed by atoms with van der Waals surface area (Å²) in [7, 11) is 1.43. The summed E-state index contributed by atoms with van der Waals surface area (Å²) in [6.45, 7) is 5.67. The van der Waals surface area contributed by atoms with Crippen molar-refractivity contribution in [2.24, 2.45) is 0 Å². The van der Waals surface area contributed by atoms with Gasteiger partial charge in [-0.05, 0) is 61.7 Å². The monoisotopic (exact) mass is 463 g/mol. The summed E-state index contributed by atoms with van der Waals surface area (Å²) in [4.78, 5) is 23.8. The molecule has 0 saturated heterocycles. The third kappa shape index (κ3) is 6.75. The van der Waals surface area contributed by atoms with Gasteiger partial charge in [-0.3, -0.25) is 0 Å². The van der Waals surface area contributed by atoms with Gasteiger partial charge >= 0.3 is 12.1 Å². The predicted octanol–water partition coefficient (Wildman–Crippen LogP) is 5.59. The number of carboxylic acids is 1. The summed E-state index contributed by atoms with van der Waals surface area (Å²) >= 11 is 0. The van der Waals surface area contributed by atoms with Crippen LogP contribution in [0.25, 0.3) is 0 Å². The van der Waals surface area contributed by atoms with E-state index >= 15 is 0 Å². The number of methoxy groups -OCH3 is 1. The van der Waals surface area contributed by atoms with E-state index in [0.717, 1.165) is 16.7 Å². The van der Waals surface area contributed by atoms with Gasteiger partial charge < -0.3 is 24.6 Å². The van der Waals surface area contributed by atoms with Crippen molar-refractivity contribution >= 4 is 12.1 Å². The van der Waals surface area contributed by atoms with Crippen LogP contribution in [0.1, 0.15) is 53.9 Å². The largest absolute Gasteiger partial charge is 0.496 e. The van der Waals surface area contributed by atoms with Gasteiger partial charge in [-0.1, -0.05) is 48.5 Å². The van der Waals surface area contributed by atoms with Crippen LogP contribution in [0.5, 0.6) is 11.5 Å². The van der Waals surface area contributed by atoms with Crippen LogP contribution in [-0.2, 0) is 11.3 Å². The Hall–Kier alpha value is -4.00. The van der Waals surface area contributed by atoms with Crippen LogP contribution in [-0.4, -0.2) is 29.9 Å². The van der Waals surface area contributed by atoms with E-state index in [4.69, 9.17) is 14.2 Å². The van der Waals surface area contributed by atoms with E-state index in [2.05, 4.69) is 5.32 Å². The number of rotatable bonds is 8. The Morgan fingerprint density at radius 1 is 0.941 bits per heavy atom. The van der Waals surface area contributed by atoms with Crippen molar-refractivity contribution in [2.75, 3.05) is 7.11 Å². The van der Waals surface area contributed by atoms with E-state index < -0.39 is 23.7 Å². The number of amides is 1. The highest BCUT2D eigenvalue weighted by Crippen LogP contribution is 2.27. The first-order chi connectivity index (χ1) is 16.2. The van der Waals surface area contributed by atoms with Crippen molar-refractivity contribution < 1.29 is 28.9 Å². The lowest BCUT2D eigenvalue weighted by Crippen LogP contribution is -2.35. The molecule has 1 unspecified atom stereocenters. The fourth-order valence-electron chi connectivity index (χ4n) is 3.38. The minimum absolute atomic E-state index is 0.0900. The average molecular weight is 464 g/mol. The molecule has 0 saturated carbocycles. The fraction of sp³-hybridized carbons (Fsp3) is 0.259. The second-order valence-electron chi connectivity index (χ2n) is 8.69. The van der Waals surface area contributed by atoms with Crippen molar-refractivity contribution in [1.82, 2.24) is 5.32 Å². The molecule has 1 amide bonds. The minimum atomic E-state index is -1.05. The number of nitrogens with one attached hydrogen (secondary N) is 1. The Morgan fingerprint density at radius 2 is 1.65 bits per heavy atom. The zero-order chi connectivity index (χ0) is 24.7. The molecule has 0 aromatic heterocycles. The second kappa shape index (κ2) is 10.7. The number of hydrogen-bond acceptors (Lipinski definition) is 5. The van der Waals surface area contributed by atoms with Gasteiger partial charge in [0.1, 0.15) is 29.3 Å². The quantitative estimate of drug-likeness (QED) is 0.453. The number of carboxylic acid groups (broad SMARTS) is 1.